The van der Waals surface area contributed by atoms with Crippen LogP contribution in [0, 0.1) is 11.6 Å². The quantitative estimate of drug-likeness (QED) is 0.231. The molecule has 0 unspecified atom stereocenters. The molecule has 178 valence electrons. The molecule has 5 aromatic rings. The Kier molecular flexibility index (Phi) is 6.27. The van der Waals surface area contributed by atoms with Crippen LogP contribution in [-0.4, -0.2) is 40.1 Å². The highest BCUT2D eigenvalue weighted by Crippen LogP contribution is 2.33. The number of anilines is 1. The van der Waals surface area contributed by atoms with Crippen molar-refractivity contribution in [1.82, 2.24) is 19.4 Å². The van der Waals surface area contributed by atoms with E-state index < -0.39 is 15.7 Å². The van der Waals surface area contributed by atoms with Crippen molar-refractivity contribution in [3.05, 3.63) is 84.0 Å². The Morgan fingerprint density at radius 3 is 2.40 bits per heavy atom. The molecule has 0 aliphatic rings. The second-order valence-corrected chi connectivity index (χ2v) is 10.7. The smallest absolute Gasteiger partial charge is 0.223 e. The minimum absolute atomic E-state index is 0.0889. The van der Waals surface area contributed by atoms with Gasteiger partial charge in [0.1, 0.15) is 17.3 Å². The Hall–Kier alpha value is -3.70. The molecule has 7 nitrogen and oxygen atoms in total. The largest absolute Gasteiger partial charge is 0.354 e. The number of benzene rings is 2. The number of halogens is 2. The Balaban J connectivity index is 1.33. The molecule has 2 aromatic carbocycles. The molecule has 0 atom stereocenters. The maximum absolute atomic E-state index is 13.5. The van der Waals surface area contributed by atoms with Crippen molar-refractivity contribution in [2.24, 2.45) is 0 Å². The summed E-state index contributed by atoms with van der Waals surface area (Å²) in [6.07, 6.45) is 3.82. The Morgan fingerprint density at radius 1 is 0.943 bits per heavy atom. The number of rotatable bonds is 8. The highest BCUT2D eigenvalue weighted by Gasteiger charge is 2.19. The summed E-state index contributed by atoms with van der Waals surface area (Å²) in [6, 6.07) is 12.7. The van der Waals surface area contributed by atoms with Crippen LogP contribution in [0.3, 0.4) is 0 Å². The van der Waals surface area contributed by atoms with Gasteiger partial charge in [-0.1, -0.05) is 0 Å². The minimum Gasteiger partial charge on any atom is -0.354 e. The molecule has 0 aliphatic carbocycles. The number of thiazole rings is 1. The van der Waals surface area contributed by atoms with Gasteiger partial charge < -0.3 is 5.32 Å². The van der Waals surface area contributed by atoms with E-state index in [9.17, 15) is 17.2 Å². The molecule has 5 rings (SSSR count). The molecule has 11 heteroatoms. The Bertz CT molecular complexity index is 1580. The lowest BCUT2D eigenvalue weighted by molar-refractivity contribution is 0.592. The zero-order valence-electron chi connectivity index (χ0n) is 18.2. The van der Waals surface area contributed by atoms with Gasteiger partial charge in [0, 0.05) is 29.9 Å². The highest BCUT2D eigenvalue weighted by molar-refractivity contribution is 7.91. The lowest BCUT2D eigenvalue weighted by Gasteiger charge is -2.08. The van der Waals surface area contributed by atoms with Crippen molar-refractivity contribution in [2.45, 2.75) is 11.3 Å². The number of fused-ring (bicyclic) bond motifs is 1. The fraction of sp³-hybridized carbons (Fsp3) is 0.125. The molecule has 0 saturated carbocycles. The van der Waals surface area contributed by atoms with Crippen LogP contribution in [0.2, 0.25) is 0 Å². The van der Waals surface area contributed by atoms with E-state index >= 15 is 0 Å². The summed E-state index contributed by atoms with van der Waals surface area (Å²) in [4.78, 5) is 14.4. The van der Waals surface area contributed by atoms with Crippen LogP contribution >= 0.6 is 11.3 Å². The number of hydrogen-bond acceptors (Lipinski definition) is 7. The van der Waals surface area contributed by atoms with Crippen molar-refractivity contribution in [3.63, 3.8) is 0 Å². The summed E-state index contributed by atoms with van der Waals surface area (Å²) in [7, 11) is -3.52. The molecule has 0 fully saturated rings. The molecule has 0 aliphatic heterocycles. The molecule has 0 amide bonds. The molecule has 3 heterocycles. The molecule has 35 heavy (non-hydrogen) atoms. The van der Waals surface area contributed by atoms with E-state index in [1.54, 1.807) is 24.4 Å². The second-order valence-electron chi connectivity index (χ2n) is 7.69. The van der Waals surface area contributed by atoms with E-state index in [1.807, 2.05) is 16.0 Å². The summed E-state index contributed by atoms with van der Waals surface area (Å²) in [5.74, 6) is -0.565. The molecule has 1 N–H and O–H groups in total. The summed E-state index contributed by atoms with van der Waals surface area (Å²) in [5, 5.41) is 4.98. The number of nitrogens with one attached hydrogen (secondary N) is 1. The summed E-state index contributed by atoms with van der Waals surface area (Å²) >= 11 is 1.48. The predicted molar refractivity (Wildman–Crippen MR) is 131 cm³/mol. The normalized spacial score (nSPS) is 11.7. The lowest BCUT2D eigenvalue weighted by Crippen LogP contribution is -2.13. The number of aromatic nitrogens is 4. The standard InChI is InChI=1S/C24H19F2N5O2S2/c25-17-4-2-16(3-5-17)21-22(31-13-14-34-24(31)30-21)20-10-12-28-23(29-20)27-11-1-15-35(32,33)19-8-6-18(26)7-9-19/h2-10,12-14H,1,11,15H2,(H,27,28,29). The first-order valence-electron chi connectivity index (χ1n) is 10.7. The zero-order valence-corrected chi connectivity index (χ0v) is 19.9. The number of sulfone groups is 1. The van der Waals surface area contributed by atoms with E-state index in [-0.39, 0.29) is 16.5 Å². The van der Waals surface area contributed by atoms with Gasteiger partial charge in [-0.2, -0.15) is 0 Å². The van der Waals surface area contributed by atoms with Crippen LogP contribution in [0.1, 0.15) is 6.42 Å². The van der Waals surface area contributed by atoms with Gasteiger partial charge in [-0.05, 0) is 61.0 Å². The molecule has 0 radical (unpaired) electrons. The number of imidazole rings is 1. The van der Waals surface area contributed by atoms with Gasteiger partial charge in [-0.25, -0.2) is 32.2 Å². The monoisotopic (exact) mass is 511 g/mol. The third kappa shape index (κ3) is 4.91. The van der Waals surface area contributed by atoms with Gasteiger partial charge in [0.15, 0.2) is 14.8 Å². The van der Waals surface area contributed by atoms with E-state index in [4.69, 9.17) is 4.98 Å². The van der Waals surface area contributed by atoms with Gasteiger partial charge in [0.05, 0.1) is 22.0 Å². The first-order chi connectivity index (χ1) is 16.9. The van der Waals surface area contributed by atoms with Gasteiger partial charge in [-0.3, -0.25) is 4.40 Å². The number of hydrogen-bond donors (Lipinski definition) is 1. The van der Waals surface area contributed by atoms with E-state index in [2.05, 4.69) is 15.3 Å². The van der Waals surface area contributed by atoms with Crippen LogP contribution in [0.15, 0.2) is 77.3 Å². The van der Waals surface area contributed by atoms with Crippen molar-refractivity contribution >= 4 is 32.1 Å². The van der Waals surface area contributed by atoms with Crippen LogP contribution in [0.4, 0.5) is 14.7 Å². The van der Waals surface area contributed by atoms with Gasteiger partial charge in [-0.15, -0.1) is 11.3 Å². The number of nitrogens with zero attached hydrogens (tertiary/aromatic N) is 4. The zero-order chi connectivity index (χ0) is 24.4. The average Bonchev–Trinajstić information content (AvgIpc) is 3.44. The fourth-order valence-corrected chi connectivity index (χ4v) is 5.66. The van der Waals surface area contributed by atoms with Crippen LogP contribution in [0.5, 0.6) is 0 Å². The van der Waals surface area contributed by atoms with Crippen LogP contribution < -0.4 is 5.32 Å². The Morgan fingerprint density at radius 2 is 1.66 bits per heavy atom. The van der Waals surface area contributed by atoms with Gasteiger partial charge in [0.25, 0.3) is 0 Å². The van der Waals surface area contributed by atoms with Gasteiger partial charge >= 0.3 is 0 Å². The van der Waals surface area contributed by atoms with Crippen molar-refractivity contribution in [3.8, 4) is 22.6 Å². The lowest BCUT2D eigenvalue weighted by atomic mass is 10.1. The average molecular weight is 512 g/mol. The predicted octanol–water partition coefficient (Wildman–Crippen LogP) is 5.07. The highest BCUT2D eigenvalue weighted by atomic mass is 32.2. The topological polar surface area (TPSA) is 89.2 Å². The fourth-order valence-electron chi connectivity index (χ4n) is 3.64. The molecular formula is C24H19F2N5O2S2. The van der Waals surface area contributed by atoms with Crippen molar-refractivity contribution < 1.29 is 17.2 Å². The van der Waals surface area contributed by atoms with Crippen LogP contribution in [-0.2, 0) is 9.84 Å². The first-order valence-corrected chi connectivity index (χ1v) is 13.2. The van der Waals surface area contributed by atoms with Gasteiger partial charge in [0.2, 0.25) is 5.95 Å². The maximum Gasteiger partial charge on any atom is 0.223 e. The molecular weight excluding hydrogens is 492 g/mol. The molecule has 3 aromatic heterocycles. The minimum atomic E-state index is -3.52. The second kappa shape index (κ2) is 9.51. The van der Waals surface area contributed by atoms with Crippen LogP contribution in [0.25, 0.3) is 27.6 Å². The third-order valence-corrected chi connectivity index (χ3v) is 7.90. The SMILES string of the molecule is O=S(=O)(CCCNc1nccc(-c2c(-c3ccc(F)cc3)nc3sccn23)n1)c1ccc(F)cc1. The maximum atomic E-state index is 13.5. The van der Waals surface area contributed by atoms with Crippen molar-refractivity contribution in [2.75, 3.05) is 17.6 Å². The summed E-state index contributed by atoms with van der Waals surface area (Å²) in [5.41, 5.74) is 2.80. The summed E-state index contributed by atoms with van der Waals surface area (Å²) in [6.45, 7) is 0.328. The van der Waals surface area contributed by atoms with E-state index in [1.165, 1.54) is 35.6 Å². The molecule has 0 spiro atoms. The molecule has 0 saturated heterocycles. The third-order valence-electron chi connectivity index (χ3n) is 5.32. The van der Waals surface area contributed by atoms with E-state index in [0.717, 1.165) is 28.4 Å². The summed E-state index contributed by atoms with van der Waals surface area (Å²) < 4.78 is 53.3. The van der Waals surface area contributed by atoms with Crippen molar-refractivity contribution in [1.29, 1.82) is 0 Å². The Labute approximate surface area is 204 Å². The first kappa shape index (κ1) is 23.1. The molecule has 0 bridgehead atoms. The van der Waals surface area contributed by atoms with E-state index in [0.29, 0.717) is 30.3 Å².